The first-order valence-electron chi connectivity index (χ1n) is 6.33. The maximum Gasteiger partial charge on any atom is 0.287 e. The Hall–Kier alpha value is -1.81. The second-order valence-electron chi connectivity index (χ2n) is 4.67. The first kappa shape index (κ1) is 11.3. The molecule has 0 radical (unpaired) electrons. The molecule has 2 heterocycles. The van der Waals surface area contributed by atoms with Crippen molar-refractivity contribution in [1.82, 2.24) is 10.6 Å². The monoisotopic (exact) mass is 244 g/mol. The van der Waals surface area contributed by atoms with Crippen molar-refractivity contribution in [2.45, 2.75) is 18.9 Å². The van der Waals surface area contributed by atoms with Gasteiger partial charge >= 0.3 is 0 Å². The Morgan fingerprint density at radius 2 is 2.28 bits per heavy atom. The van der Waals surface area contributed by atoms with Gasteiger partial charge in [-0.1, -0.05) is 18.2 Å². The van der Waals surface area contributed by atoms with E-state index in [9.17, 15) is 4.79 Å². The highest BCUT2D eigenvalue weighted by Crippen LogP contribution is 2.18. The average molecular weight is 244 g/mol. The van der Waals surface area contributed by atoms with Gasteiger partial charge in [0.15, 0.2) is 5.76 Å². The number of piperidine rings is 1. The number of carbonyl (C=O) groups is 1. The van der Waals surface area contributed by atoms with Crippen molar-refractivity contribution in [3.05, 3.63) is 36.1 Å². The highest BCUT2D eigenvalue weighted by Gasteiger charge is 2.18. The molecule has 1 fully saturated rings. The summed E-state index contributed by atoms with van der Waals surface area (Å²) in [6.45, 7) is 1.88. The van der Waals surface area contributed by atoms with Crippen LogP contribution in [0.25, 0.3) is 11.0 Å². The minimum Gasteiger partial charge on any atom is -0.451 e. The Balaban J connectivity index is 1.74. The van der Waals surface area contributed by atoms with E-state index in [1.54, 1.807) is 6.07 Å². The summed E-state index contributed by atoms with van der Waals surface area (Å²) in [5.41, 5.74) is 0.754. The fourth-order valence-corrected chi connectivity index (χ4v) is 2.33. The largest absolute Gasteiger partial charge is 0.451 e. The zero-order valence-electron chi connectivity index (χ0n) is 10.1. The van der Waals surface area contributed by atoms with E-state index >= 15 is 0 Å². The molecule has 1 unspecified atom stereocenters. The summed E-state index contributed by atoms with van der Waals surface area (Å²) >= 11 is 0. The standard InChI is InChI=1S/C14H16N2O2/c17-14(16-11-5-3-7-15-9-11)13-8-10-4-1-2-6-12(10)18-13/h1-2,4,6,8,11,15H,3,5,7,9H2,(H,16,17). The zero-order chi connectivity index (χ0) is 12.4. The van der Waals surface area contributed by atoms with Gasteiger partial charge in [-0.3, -0.25) is 4.79 Å². The summed E-state index contributed by atoms with van der Waals surface area (Å²) in [7, 11) is 0. The molecule has 1 amide bonds. The van der Waals surface area contributed by atoms with Crippen molar-refractivity contribution >= 4 is 16.9 Å². The van der Waals surface area contributed by atoms with E-state index < -0.39 is 0 Å². The van der Waals surface area contributed by atoms with Crippen LogP contribution in [0.15, 0.2) is 34.7 Å². The van der Waals surface area contributed by atoms with Gasteiger partial charge in [-0.25, -0.2) is 0 Å². The molecule has 1 aromatic carbocycles. The summed E-state index contributed by atoms with van der Waals surface area (Å²) < 4.78 is 5.54. The summed E-state index contributed by atoms with van der Waals surface area (Å²) in [4.78, 5) is 12.0. The maximum atomic E-state index is 12.0. The van der Waals surface area contributed by atoms with Crippen LogP contribution in [0, 0.1) is 0 Å². The normalized spacial score (nSPS) is 19.9. The lowest BCUT2D eigenvalue weighted by atomic mass is 10.1. The van der Waals surface area contributed by atoms with E-state index in [2.05, 4.69) is 10.6 Å². The molecular formula is C14H16N2O2. The first-order chi connectivity index (χ1) is 8.83. The lowest BCUT2D eigenvalue weighted by molar-refractivity contribution is 0.0905. The topological polar surface area (TPSA) is 54.3 Å². The molecular weight excluding hydrogens is 228 g/mol. The molecule has 1 aliphatic heterocycles. The van der Waals surface area contributed by atoms with Crippen molar-refractivity contribution in [2.75, 3.05) is 13.1 Å². The smallest absolute Gasteiger partial charge is 0.287 e. The molecule has 0 spiro atoms. The number of hydrogen-bond acceptors (Lipinski definition) is 3. The lowest BCUT2D eigenvalue weighted by Gasteiger charge is -2.23. The number of amides is 1. The molecule has 4 nitrogen and oxygen atoms in total. The number of rotatable bonds is 2. The predicted molar refractivity (Wildman–Crippen MR) is 69.6 cm³/mol. The molecule has 0 saturated carbocycles. The van der Waals surface area contributed by atoms with E-state index in [1.165, 1.54) is 0 Å². The number of nitrogens with one attached hydrogen (secondary N) is 2. The van der Waals surface area contributed by atoms with E-state index in [-0.39, 0.29) is 11.9 Å². The highest BCUT2D eigenvalue weighted by molar-refractivity contribution is 5.96. The summed E-state index contributed by atoms with van der Waals surface area (Å²) in [6, 6.07) is 9.65. The molecule has 2 aromatic rings. The molecule has 0 bridgehead atoms. The summed E-state index contributed by atoms with van der Waals surface area (Å²) in [5.74, 6) is 0.265. The molecule has 1 atom stereocenters. The molecule has 4 heteroatoms. The van der Waals surface area contributed by atoms with Crippen LogP contribution in [0.1, 0.15) is 23.4 Å². The Bertz CT molecular complexity index is 523. The minimum absolute atomic E-state index is 0.125. The number of benzene rings is 1. The fourth-order valence-electron chi connectivity index (χ4n) is 2.33. The van der Waals surface area contributed by atoms with Crippen LogP contribution in [0.5, 0.6) is 0 Å². The van der Waals surface area contributed by atoms with Crippen molar-refractivity contribution in [2.24, 2.45) is 0 Å². The number of furan rings is 1. The number of carbonyl (C=O) groups excluding carboxylic acids is 1. The molecule has 1 aromatic heterocycles. The summed E-state index contributed by atoms with van der Waals surface area (Å²) in [5, 5.41) is 7.24. The quantitative estimate of drug-likeness (QED) is 0.848. The third-order valence-corrected chi connectivity index (χ3v) is 3.28. The Kier molecular flexibility index (Phi) is 3.02. The van der Waals surface area contributed by atoms with E-state index in [4.69, 9.17) is 4.42 Å². The molecule has 18 heavy (non-hydrogen) atoms. The van der Waals surface area contributed by atoms with Gasteiger partial charge < -0.3 is 15.1 Å². The van der Waals surface area contributed by atoms with Crippen LogP contribution in [-0.4, -0.2) is 25.0 Å². The van der Waals surface area contributed by atoms with Gasteiger partial charge in [0.2, 0.25) is 0 Å². The molecule has 0 aliphatic carbocycles. The van der Waals surface area contributed by atoms with E-state index in [0.29, 0.717) is 5.76 Å². The van der Waals surface area contributed by atoms with Crippen LogP contribution < -0.4 is 10.6 Å². The third kappa shape index (κ3) is 2.24. The fraction of sp³-hybridized carbons (Fsp3) is 0.357. The van der Waals surface area contributed by atoms with E-state index in [0.717, 1.165) is 36.9 Å². The van der Waals surface area contributed by atoms with Gasteiger partial charge in [-0.15, -0.1) is 0 Å². The van der Waals surface area contributed by atoms with Crippen LogP contribution >= 0.6 is 0 Å². The second kappa shape index (κ2) is 4.82. The van der Waals surface area contributed by atoms with Crippen LogP contribution in [0.4, 0.5) is 0 Å². The minimum atomic E-state index is -0.125. The molecule has 1 aliphatic rings. The van der Waals surface area contributed by atoms with Crippen LogP contribution in [0.2, 0.25) is 0 Å². The SMILES string of the molecule is O=C(NC1CCCNC1)c1cc2ccccc2o1. The zero-order valence-corrected chi connectivity index (χ0v) is 10.1. The van der Waals surface area contributed by atoms with Crippen molar-refractivity contribution in [1.29, 1.82) is 0 Å². The Labute approximate surface area is 105 Å². The van der Waals surface area contributed by atoms with Gasteiger partial charge in [-0.2, -0.15) is 0 Å². The Morgan fingerprint density at radius 1 is 1.39 bits per heavy atom. The van der Waals surface area contributed by atoms with Gasteiger partial charge in [-0.05, 0) is 31.5 Å². The van der Waals surface area contributed by atoms with Crippen LogP contribution in [0.3, 0.4) is 0 Å². The van der Waals surface area contributed by atoms with Gasteiger partial charge in [0, 0.05) is 18.0 Å². The lowest BCUT2D eigenvalue weighted by Crippen LogP contribution is -2.45. The molecule has 3 rings (SSSR count). The average Bonchev–Trinajstić information content (AvgIpc) is 2.84. The Morgan fingerprint density at radius 3 is 3.06 bits per heavy atom. The maximum absolute atomic E-state index is 12.0. The summed E-state index contributed by atoms with van der Waals surface area (Å²) in [6.07, 6.45) is 2.13. The predicted octanol–water partition coefficient (Wildman–Crippen LogP) is 1.91. The molecule has 1 saturated heterocycles. The third-order valence-electron chi connectivity index (χ3n) is 3.28. The van der Waals surface area contributed by atoms with Crippen molar-refractivity contribution < 1.29 is 9.21 Å². The number of fused-ring (bicyclic) bond motifs is 1. The molecule has 94 valence electrons. The first-order valence-corrected chi connectivity index (χ1v) is 6.33. The van der Waals surface area contributed by atoms with Gasteiger partial charge in [0.1, 0.15) is 5.58 Å². The van der Waals surface area contributed by atoms with E-state index in [1.807, 2.05) is 24.3 Å². The number of hydrogen-bond donors (Lipinski definition) is 2. The van der Waals surface area contributed by atoms with Crippen molar-refractivity contribution in [3.63, 3.8) is 0 Å². The van der Waals surface area contributed by atoms with Crippen molar-refractivity contribution in [3.8, 4) is 0 Å². The van der Waals surface area contributed by atoms with Crippen LogP contribution in [-0.2, 0) is 0 Å². The second-order valence-corrected chi connectivity index (χ2v) is 4.67. The highest BCUT2D eigenvalue weighted by atomic mass is 16.3. The molecule has 2 N–H and O–H groups in total. The van der Waals surface area contributed by atoms with Gasteiger partial charge in [0.25, 0.3) is 5.91 Å². The number of para-hydroxylation sites is 1. The van der Waals surface area contributed by atoms with Gasteiger partial charge in [0.05, 0.1) is 0 Å².